The number of carbonyl (C=O) groups excluding carboxylic acids is 1. The van der Waals surface area contributed by atoms with Crippen LogP contribution in [0.25, 0.3) is 0 Å². The summed E-state index contributed by atoms with van der Waals surface area (Å²) in [4.78, 5) is 16.0. The van der Waals surface area contributed by atoms with Gasteiger partial charge in [0, 0.05) is 12.1 Å². The molecule has 0 aliphatic carbocycles. The van der Waals surface area contributed by atoms with Crippen LogP contribution in [0.5, 0.6) is 0 Å². The predicted molar refractivity (Wildman–Crippen MR) is 98.3 cm³/mol. The van der Waals surface area contributed by atoms with Crippen molar-refractivity contribution in [3.05, 3.63) is 17.5 Å². The molecule has 2 aliphatic rings. The van der Waals surface area contributed by atoms with Crippen molar-refractivity contribution in [3.63, 3.8) is 0 Å². The first-order chi connectivity index (χ1) is 11.9. The van der Waals surface area contributed by atoms with Gasteiger partial charge < -0.3 is 9.80 Å². The first-order valence-electron chi connectivity index (χ1n) is 9.08. The molecule has 3 rings (SSSR count). The van der Waals surface area contributed by atoms with Crippen molar-refractivity contribution >= 4 is 27.3 Å². The van der Waals surface area contributed by atoms with Gasteiger partial charge in [0.2, 0.25) is 0 Å². The van der Waals surface area contributed by atoms with E-state index in [9.17, 15) is 13.2 Å². The van der Waals surface area contributed by atoms with E-state index >= 15 is 0 Å². The Labute approximate surface area is 154 Å². The summed E-state index contributed by atoms with van der Waals surface area (Å²) in [5.41, 5.74) is 0. The highest BCUT2D eigenvalue weighted by atomic mass is 32.2. The number of hydrogen-bond donors (Lipinski definition) is 1. The summed E-state index contributed by atoms with van der Waals surface area (Å²) >= 11 is 1.26. The van der Waals surface area contributed by atoms with E-state index in [1.807, 2.05) is 4.90 Å². The van der Waals surface area contributed by atoms with Crippen molar-refractivity contribution < 1.29 is 18.1 Å². The highest BCUT2D eigenvalue weighted by Gasteiger charge is 2.34. The fourth-order valence-electron chi connectivity index (χ4n) is 3.98. The smallest absolute Gasteiger partial charge is 0.278 e. The highest BCUT2D eigenvalue weighted by molar-refractivity contribution is 7.91. The minimum absolute atomic E-state index is 0.212. The van der Waals surface area contributed by atoms with Crippen LogP contribution in [0.2, 0.25) is 0 Å². The first kappa shape index (κ1) is 18.8. The quantitative estimate of drug-likeness (QED) is 0.816. The number of piperazine rings is 1. The van der Waals surface area contributed by atoms with Gasteiger partial charge in [-0.05, 0) is 44.6 Å². The van der Waals surface area contributed by atoms with E-state index in [0.717, 1.165) is 12.8 Å². The monoisotopic (exact) mass is 386 g/mol. The largest absolute Gasteiger partial charge is 0.332 e. The minimum atomic E-state index is -3.37. The van der Waals surface area contributed by atoms with E-state index in [-0.39, 0.29) is 5.91 Å². The Balaban J connectivity index is 1.55. The number of quaternary nitrogens is 1. The predicted octanol–water partition coefficient (Wildman–Crippen LogP) is 0.427. The van der Waals surface area contributed by atoms with Crippen LogP contribution in [0.3, 0.4) is 0 Å². The summed E-state index contributed by atoms with van der Waals surface area (Å²) in [6, 6.07) is 4.05. The number of sulfonamides is 1. The molecule has 8 heteroatoms. The van der Waals surface area contributed by atoms with Crippen LogP contribution in [0.15, 0.2) is 21.7 Å². The molecule has 6 nitrogen and oxygen atoms in total. The van der Waals surface area contributed by atoms with Crippen LogP contribution < -0.4 is 4.90 Å². The normalized spacial score (nSPS) is 26.7. The van der Waals surface area contributed by atoms with Gasteiger partial charge in [0.25, 0.3) is 15.9 Å². The van der Waals surface area contributed by atoms with Crippen LogP contribution in [-0.4, -0.2) is 68.3 Å². The Kier molecular flexibility index (Phi) is 5.82. The Morgan fingerprint density at radius 3 is 2.44 bits per heavy atom. The van der Waals surface area contributed by atoms with Crippen molar-refractivity contribution in [2.45, 2.75) is 49.4 Å². The van der Waals surface area contributed by atoms with Crippen LogP contribution in [-0.2, 0) is 14.8 Å². The zero-order valence-corrected chi connectivity index (χ0v) is 16.6. The Hall–Kier alpha value is -0.960. The Morgan fingerprint density at radius 2 is 1.88 bits per heavy atom. The van der Waals surface area contributed by atoms with Crippen LogP contribution in [0.1, 0.15) is 33.1 Å². The molecule has 2 fully saturated rings. The molecule has 140 valence electrons. The molecule has 1 amide bonds. The van der Waals surface area contributed by atoms with Gasteiger partial charge in [0.05, 0.1) is 26.2 Å². The molecule has 0 unspecified atom stereocenters. The number of rotatable bonds is 4. The molecule has 0 spiro atoms. The van der Waals surface area contributed by atoms with E-state index in [0.29, 0.717) is 49.0 Å². The maximum Gasteiger partial charge on any atom is 0.278 e. The Bertz CT molecular complexity index is 672. The fraction of sp³-hybridized carbons (Fsp3) is 0.706. The van der Waals surface area contributed by atoms with Gasteiger partial charge >= 0.3 is 0 Å². The van der Waals surface area contributed by atoms with E-state index < -0.39 is 10.0 Å². The summed E-state index contributed by atoms with van der Waals surface area (Å²) in [6.45, 7) is 7.08. The van der Waals surface area contributed by atoms with Crippen LogP contribution >= 0.6 is 11.3 Å². The molecular formula is C17H28N3O3S2+. The molecule has 0 radical (unpaired) electrons. The molecule has 2 atom stereocenters. The van der Waals surface area contributed by atoms with Crippen molar-refractivity contribution in [2.24, 2.45) is 0 Å². The summed E-state index contributed by atoms with van der Waals surface area (Å²) in [5.74, 6) is 0.212. The minimum Gasteiger partial charge on any atom is -0.332 e. The standard InChI is InChI=1S/C17H27N3O3S2/c1-14-5-3-6-15(2)20(14)16(21)13-18-8-10-19(11-9-18)25(22,23)17-7-4-12-24-17/h4,7,12,14-15H,3,5-6,8-11,13H2,1-2H3/p+1/t14-,15+. The number of amides is 1. The molecule has 0 aromatic carbocycles. The number of piperidine rings is 1. The topological polar surface area (TPSA) is 62.1 Å². The van der Waals surface area contributed by atoms with Crippen molar-refractivity contribution in [3.8, 4) is 0 Å². The molecule has 1 aromatic heterocycles. The van der Waals surface area contributed by atoms with E-state index in [4.69, 9.17) is 0 Å². The third kappa shape index (κ3) is 4.07. The third-order valence-corrected chi connectivity index (χ3v) is 8.67. The molecule has 25 heavy (non-hydrogen) atoms. The van der Waals surface area contributed by atoms with Gasteiger partial charge in [-0.25, -0.2) is 8.42 Å². The van der Waals surface area contributed by atoms with Gasteiger partial charge in [-0.3, -0.25) is 4.79 Å². The lowest BCUT2D eigenvalue weighted by Gasteiger charge is -2.40. The zero-order chi connectivity index (χ0) is 18.0. The molecule has 2 aliphatic heterocycles. The first-order valence-corrected chi connectivity index (χ1v) is 11.4. The van der Waals surface area contributed by atoms with Gasteiger partial charge in [-0.2, -0.15) is 4.31 Å². The number of nitrogens with one attached hydrogen (secondary N) is 1. The highest BCUT2D eigenvalue weighted by Crippen LogP contribution is 2.22. The second kappa shape index (κ2) is 7.73. The zero-order valence-electron chi connectivity index (χ0n) is 15.0. The van der Waals surface area contributed by atoms with E-state index in [1.165, 1.54) is 22.7 Å². The maximum absolute atomic E-state index is 12.7. The molecular weight excluding hydrogens is 358 g/mol. The van der Waals surface area contributed by atoms with E-state index in [2.05, 4.69) is 13.8 Å². The second-order valence-corrected chi connectivity index (χ2v) is 10.3. The SMILES string of the molecule is C[C@@H]1CCC[C@H](C)N1C(=O)C[NH+]1CCN(S(=O)(=O)c2cccs2)CC1. The molecule has 3 heterocycles. The van der Waals surface area contributed by atoms with Crippen LogP contribution in [0, 0.1) is 0 Å². The van der Waals surface area contributed by atoms with Crippen molar-refractivity contribution in [1.82, 2.24) is 9.21 Å². The van der Waals surface area contributed by atoms with Gasteiger partial charge in [-0.15, -0.1) is 11.3 Å². The molecule has 2 saturated heterocycles. The summed E-state index contributed by atoms with van der Waals surface area (Å²) < 4.78 is 27.1. The second-order valence-electron chi connectivity index (χ2n) is 7.19. The fourth-order valence-corrected chi connectivity index (χ4v) is 6.56. The lowest BCUT2D eigenvalue weighted by atomic mass is 9.97. The van der Waals surface area contributed by atoms with Gasteiger partial charge in [0.15, 0.2) is 6.54 Å². The number of likely N-dealkylation sites (tertiary alicyclic amines) is 1. The molecule has 0 saturated carbocycles. The average Bonchev–Trinajstić information content (AvgIpc) is 3.10. The lowest BCUT2D eigenvalue weighted by molar-refractivity contribution is -0.896. The Morgan fingerprint density at radius 1 is 1.24 bits per heavy atom. The van der Waals surface area contributed by atoms with E-state index in [1.54, 1.807) is 21.8 Å². The van der Waals surface area contributed by atoms with Gasteiger partial charge in [-0.1, -0.05) is 6.07 Å². The summed E-state index contributed by atoms with van der Waals surface area (Å²) in [6.07, 6.45) is 3.36. The number of carbonyl (C=O) groups is 1. The molecule has 0 bridgehead atoms. The van der Waals surface area contributed by atoms with Crippen LogP contribution in [0.4, 0.5) is 0 Å². The summed E-state index contributed by atoms with van der Waals surface area (Å²) in [5, 5.41) is 1.79. The number of thiophene rings is 1. The lowest BCUT2D eigenvalue weighted by Crippen LogP contribution is -3.15. The van der Waals surface area contributed by atoms with Crippen molar-refractivity contribution in [2.75, 3.05) is 32.7 Å². The molecule has 1 N–H and O–H groups in total. The molecule has 1 aromatic rings. The number of hydrogen-bond acceptors (Lipinski definition) is 4. The average molecular weight is 387 g/mol. The summed E-state index contributed by atoms with van der Waals surface area (Å²) in [7, 11) is -3.37. The third-order valence-electron chi connectivity index (χ3n) is 5.40. The maximum atomic E-state index is 12.7. The van der Waals surface area contributed by atoms with Gasteiger partial charge in [0.1, 0.15) is 4.21 Å². The number of nitrogens with zero attached hydrogens (tertiary/aromatic N) is 2. The van der Waals surface area contributed by atoms with Crippen molar-refractivity contribution in [1.29, 1.82) is 0 Å².